The molecule has 0 aliphatic rings. The molecule has 0 N–H and O–H groups in total. The molecule has 0 unspecified atom stereocenters. The molecule has 0 spiro atoms. The van der Waals surface area contributed by atoms with E-state index in [-0.39, 0.29) is 5.41 Å². The number of halogens is 1. The van der Waals surface area contributed by atoms with Crippen molar-refractivity contribution in [3.63, 3.8) is 0 Å². The molecule has 0 bridgehead atoms. The van der Waals surface area contributed by atoms with E-state index < -0.39 is 0 Å². The molecule has 0 aliphatic carbocycles. The van der Waals surface area contributed by atoms with Crippen LogP contribution >= 0.6 is 11.6 Å². The second-order valence-corrected chi connectivity index (χ2v) is 8.01. The maximum atomic E-state index is 6.36. The first-order valence-corrected chi connectivity index (χ1v) is 9.44. The number of benzene rings is 2. The third-order valence-corrected chi connectivity index (χ3v) is 4.68. The summed E-state index contributed by atoms with van der Waals surface area (Å²) < 4.78 is 11.7. The summed E-state index contributed by atoms with van der Waals surface area (Å²) in [7, 11) is 3.62. The summed E-state index contributed by atoms with van der Waals surface area (Å²) in [6.45, 7) is 11.4. The summed E-state index contributed by atoms with van der Waals surface area (Å²) in [5.41, 5.74) is 2.84. The quantitative estimate of drug-likeness (QED) is 0.426. The first-order chi connectivity index (χ1) is 12.7. The maximum absolute atomic E-state index is 6.36. The average Bonchev–Trinajstić information content (AvgIpc) is 2.61. The molecule has 4 nitrogen and oxygen atoms in total. The third kappa shape index (κ3) is 5.39. The Labute approximate surface area is 167 Å². The maximum Gasteiger partial charge on any atom is 0.169 e. The van der Waals surface area contributed by atoms with Gasteiger partial charge < -0.3 is 14.4 Å². The Morgan fingerprint density at radius 3 is 2.44 bits per heavy atom. The van der Waals surface area contributed by atoms with Gasteiger partial charge in [0.25, 0.3) is 0 Å². The van der Waals surface area contributed by atoms with Crippen molar-refractivity contribution in [1.29, 1.82) is 0 Å². The lowest BCUT2D eigenvalue weighted by Gasteiger charge is -2.22. The first-order valence-electron chi connectivity index (χ1n) is 9.06. The van der Waals surface area contributed by atoms with Gasteiger partial charge in [0.2, 0.25) is 0 Å². The predicted octanol–water partition coefficient (Wildman–Crippen LogP) is 6.36. The Balaban J connectivity index is 2.37. The number of aliphatic imine (C=N–C) groups is 1. The van der Waals surface area contributed by atoms with Crippen LogP contribution in [0.15, 0.2) is 35.3 Å². The molecule has 0 amide bonds. The van der Waals surface area contributed by atoms with Crippen LogP contribution in [-0.2, 0) is 5.41 Å². The molecule has 0 atom stereocenters. The van der Waals surface area contributed by atoms with Crippen molar-refractivity contribution < 1.29 is 9.47 Å². The topological polar surface area (TPSA) is 34.1 Å². The smallest absolute Gasteiger partial charge is 0.169 e. The molecule has 27 heavy (non-hydrogen) atoms. The van der Waals surface area contributed by atoms with Crippen molar-refractivity contribution in [3.05, 3.63) is 46.5 Å². The van der Waals surface area contributed by atoms with Gasteiger partial charge in [0, 0.05) is 24.7 Å². The van der Waals surface area contributed by atoms with Gasteiger partial charge in [-0.2, -0.15) is 0 Å². The molecule has 2 rings (SSSR count). The van der Waals surface area contributed by atoms with Crippen LogP contribution in [0.5, 0.6) is 17.2 Å². The zero-order chi connectivity index (χ0) is 20.2. The zero-order valence-electron chi connectivity index (χ0n) is 17.3. The Morgan fingerprint density at radius 2 is 1.85 bits per heavy atom. The van der Waals surface area contributed by atoms with Crippen LogP contribution in [0.25, 0.3) is 0 Å². The van der Waals surface area contributed by atoms with E-state index in [9.17, 15) is 0 Å². The molecule has 5 heteroatoms. The highest BCUT2D eigenvalue weighted by atomic mass is 35.5. The summed E-state index contributed by atoms with van der Waals surface area (Å²) in [4.78, 5) is 6.55. The highest BCUT2D eigenvalue weighted by Gasteiger charge is 2.19. The number of ether oxygens (including phenoxy) is 2. The fourth-order valence-electron chi connectivity index (χ4n) is 2.54. The lowest BCUT2D eigenvalue weighted by molar-refractivity contribution is 0.378. The lowest BCUT2D eigenvalue weighted by Crippen LogP contribution is -2.14. The third-order valence-electron chi connectivity index (χ3n) is 4.35. The zero-order valence-corrected chi connectivity index (χ0v) is 18.0. The van der Waals surface area contributed by atoms with Crippen molar-refractivity contribution >= 4 is 23.6 Å². The summed E-state index contributed by atoms with van der Waals surface area (Å²) >= 11 is 6.36. The highest BCUT2D eigenvalue weighted by Crippen LogP contribution is 2.39. The van der Waals surface area contributed by atoms with Crippen molar-refractivity contribution in [2.45, 2.75) is 40.0 Å². The normalized spacial score (nSPS) is 11.7. The molecule has 146 valence electrons. The molecule has 2 aromatic carbocycles. The number of methoxy groups -OCH3 is 1. The van der Waals surface area contributed by atoms with Crippen LogP contribution in [0.3, 0.4) is 0 Å². The number of aryl methyl sites for hydroxylation is 1. The molecular formula is C22H29ClN2O2. The van der Waals surface area contributed by atoms with E-state index in [1.165, 1.54) is 0 Å². The van der Waals surface area contributed by atoms with Crippen LogP contribution in [0.1, 0.15) is 38.8 Å². The van der Waals surface area contributed by atoms with Gasteiger partial charge in [-0.15, -0.1) is 0 Å². The van der Waals surface area contributed by atoms with Crippen LogP contribution in [0.4, 0.5) is 5.69 Å². The number of hydrogen-bond donors (Lipinski definition) is 0. The minimum Gasteiger partial charge on any atom is -0.493 e. The van der Waals surface area contributed by atoms with E-state index in [1.54, 1.807) is 7.11 Å². The fourth-order valence-corrected chi connectivity index (χ4v) is 2.94. The number of rotatable bonds is 6. The van der Waals surface area contributed by atoms with E-state index in [1.807, 2.05) is 55.5 Å². The Bertz CT molecular complexity index is 826. The van der Waals surface area contributed by atoms with Gasteiger partial charge in [0.15, 0.2) is 11.5 Å². The molecule has 0 saturated heterocycles. The van der Waals surface area contributed by atoms with Gasteiger partial charge in [-0.05, 0) is 54.7 Å². The van der Waals surface area contributed by atoms with E-state index in [0.717, 1.165) is 34.1 Å². The SMILES string of the molecule is CCN(C)C=Nc1cc(OC)c(Oc2ccc(Cl)c(C(C)(C)C)c2)cc1C. The van der Waals surface area contributed by atoms with Crippen molar-refractivity contribution in [3.8, 4) is 17.2 Å². The fraction of sp³-hybridized carbons (Fsp3) is 0.409. The van der Waals surface area contributed by atoms with Gasteiger partial charge in [0.05, 0.1) is 19.1 Å². The number of nitrogens with zero attached hydrogens (tertiary/aromatic N) is 2. The summed E-state index contributed by atoms with van der Waals surface area (Å²) in [6.07, 6.45) is 1.82. The average molecular weight is 389 g/mol. The first kappa shape index (κ1) is 21.1. The standard InChI is InChI=1S/C22H29ClN2O2/c1-8-25(6)14-24-19-13-20(26-7)21(11-15(19)2)27-16-9-10-18(23)17(12-16)22(3,4)5/h9-14H,8H2,1-7H3. The van der Waals surface area contributed by atoms with Gasteiger partial charge >= 0.3 is 0 Å². The summed E-state index contributed by atoms with van der Waals surface area (Å²) in [5, 5.41) is 0.739. The molecule has 2 aromatic rings. The van der Waals surface area contributed by atoms with Gasteiger partial charge in [-0.1, -0.05) is 32.4 Å². The van der Waals surface area contributed by atoms with Gasteiger partial charge in [0.1, 0.15) is 5.75 Å². The molecule has 0 aromatic heterocycles. The number of hydrogen-bond acceptors (Lipinski definition) is 3. The second kappa shape index (κ2) is 8.66. The molecular weight excluding hydrogens is 360 g/mol. The van der Waals surface area contributed by atoms with E-state index in [2.05, 4.69) is 32.7 Å². The lowest BCUT2D eigenvalue weighted by atomic mass is 9.87. The Hall–Kier alpha value is -2.20. The summed E-state index contributed by atoms with van der Waals surface area (Å²) in [6, 6.07) is 9.57. The van der Waals surface area contributed by atoms with E-state index in [0.29, 0.717) is 11.5 Å². The molecule has 0 fully saturated rings. The van der Waals surface area contributed by atoms with E-state index in [4.69, 9.17) is 21.1 Å². The largest absolute Gasteiger partial charge is 0.493 e. The second-order valence-electron chi connectivity index (χ2n) is 7.60. The Kier molecular flexibility index (Phi) is 6.77. The molecule has 0 aliphatic heterocycles. The van der Waals surface area contributed by atoms with E-state index >= 15 is 0 Å². The highest BCUT2D eigenvalue weighted by molar-refractivity contribution is 6.31. The summed E-state index contributed by atoms with van der Waals surface area (Å²) in [5.74, 6) is 2.02. The van der Waals surface area contributed by atoms with Gasteiger partial charge in [-0.3, -0.25) is 0 Å². The minimum absolute atomic E-state index is 0.0691. The monoisotopic (exact) mass is 388 g/mol. The van der Waals surface area contributed by atoms with Gasteiger partial charge in [-0.25, -0.2) is 4.99 Å². The molecule has 0 radical (unpaired) electrons. The molecule has 0 heterocycles. The van der Waals surface area contributed by atoms with Crippen LogP contribution in [0.2, 0.25) is 5.02 Å². The minimum atomic E-state index is -0.0691. The van der Waals surface area contributed by atoms with Crippen molar-refractivity contribution in [1.82, 2.24) is 4.90 Å². The molecule has 0 saturated carbocycles. The van der Waals surface area contributed by atoms with Crippen molar-refractivity contribution in [2.24, 2.45) is 4.99 Å². The van der Waals surface area contributed by atoms with Crippen LogP contribution in [0, 0.1) is 6.92 Å². The predicted molar refractivity (Wildman–Crippen MR) is 114 cm³/mol. The van der Waals surface area contributed by atoms with Crippen LogP contribution in [-0.4, -0.2) is 31.9 Å². The Morgan fingerprint density at radius 1 is 1.15 bits per heavy atom. The van der Waals surface area contributed by atoms with Crippen molar-refractivity contribution in [2.75, 3.05) is 20.7 Å². The van der Waals surface area contributed by atoms with Crippen LogP contribution < -0.4 is 9.47 Å².